The van der Waals surface area contributed by atoms with E-state index >= 15 is 0 Å². The van der Waals surface area contributed by atoms with Crippen molar-refractivity contribution in [3.63, 3.8) is 0 Å². The average molecular weight is 748 g/mol. The van der Waals surface area contributed by atoms with E-state index in [-0.39, 0.29) is 37.4 Å². The number of rotatable bonds is 9. The molecule has 3 heterocycles. The molecular weight excluding hydrogens is 708 g/mol. The Bertz CT molecular complexity index is 2050. The third kappa shape index (κ3) is 6.67. The molecule has 3 amide bonds. The fraction of sp³-hybridized carbons (Fsp3) is 0.268. The van der Waals surface area contributed by atoms with Gasteiger partial charge in [-0.1, -0.05) is 102 Å². The lowest BCUT2D eigenvalue weighted by molar-refractivity contribution is -0.139. The first-order chi connectivity index (χ1) is 24.7. The molecule has 0 radical (unpaired) electrons. The molecule has 7 rings (SSSR count). The first-order valence-electron chi connectivity index (χ1n) is 17.2. The minimum absolute atomic E-state index is 0.0683. The van der Waals surface area contributed by atoms with Crippen LogP contribution in [-0.4, -0.2) is 51.2 Å². The lowest BCUT2D eigenvalue weighted by Gasteiger charge is -2.36. The molecule has 0 saturated heterocycles. The molecule has 4 aromatic carbocycles. The minimum atomic E-state index is -1.88. The second-order valence-electron chi connectivity index (χ2n) is 13.4. The number of aliphatic hydroxyl groups excluding tert-OH is 1. The number of anilines is 2. The summed E-state index contributed by atoms with van der Waals surface area (Å²) in [5.41, 5.74) is 4.55. The van der Waals surface area contributed by atoms with Crippen LogP contribution in [0.3, 0.4) is 0 Å². The van der Waals surface area contributed by atoms with E-state index in [0.717, 1.165) is 32.4 Å². The number of nitrogens with zero attached hydrogens (tertiary/aromatic N) is 4. The SMILES string of the molecule is C[C@@H](/C=C/CC(=O)N1Cc2ccccc2C[C@H]1CO)[C@]1(O)C(=O)N(Cc2cccc(N3N=C(c4ccccc4)CCC3=O)c2)c2ccc(Br)cc21. The number of carbonyl (C=O) groups is 3. The molecule has 0 spiro atoms. The van der Waals surface area contributed by atoms with Crippen LogP contribution in [0.2, 0.25) is 0 Å². The van der Waals surface area contributed by atoms with Gasteiger partial charge in [0, 0.05) is 41.8 Å². The topological polar surface area (TPSA) is 114 Å². The van der Waals surface area contributed by atoms with Gasteiger partial charge < -0.3 is 20.0 Å². The molecule has 0 aromatic heterocycles. The van der Waals surface area contributed by atoms with Gasteiger partial charge in [-0.25, -0.2) is 5.01 Å². The second-order valence-corrected chi connectivity index (χ2v) is 14.3. The lowest BCUT2D eigenvalue weighted by Crippen LogP contribution is -2.46. The quantitative estimate of drug-likeness (QED) is 0.197. The number of hydrogen-bond donors (Lipinski definition) is 2. The van der Waals surface area contributed by atoms with E-state index in [1.807, 2.05) is 91.0 Å². The van der Waals surface area contributed by atoms with Gasteiger partial charge in [0.15, 0.2) is 5.60 Å². The van der Waals surface area contributed by atoms with Gasteiger partial charge in [0.25, 0.3) is 5.91 Å². The van der Waals surface area contributed by atoms with Crippen molar-refractivity contribution >= 4 is 50.7 Å². The Morgan fingerprint density at radius 1 is 0.980 bits per heavy atom. The molecule has 3 atom stereocenters. The molecule has 2 N–H and O–H groups in total. The van der Waals surface area contributed by atoms with Crippen molar-refractivity contribution in [2.75, 3.05) is 16.5 Å². The highest BCUT2D eigenvalue weighted by atomic mass is 79.9. The summed E-state index contributed by atoms with van der Waals surface area (Å²) in [4.78, 5) is 43.9. The number of carbonyl (C=O) groups excluding carboxylic acids is 3. The van der Waals surface area contributed by atoms with E-state index in [9.17, 15) is 24.6 Å². The molecule has 9 nitrogen and oxygen atoms in total. The first-order valence-corrected chi connectivity index (χ1v) is 18.0. The smallest absolute Gasteiger partial charge is 0.264 e. The minimum Gasteiger partial charge on any atom is -0.394 e. The Kier molecular flexibility index (Phi) is 9.74. The highest BCUT2D eigenvalue weighted by molar-refractivity contribution is 9.10. The van der Waals surface area contributed by atoms with E-state index in [4.69, 9.17) is 5.10 Å². The van der Waals surface area contributed by atoms with Crippen LogP contribution in [-0.2, 0) is 39.5 Å². The first kappa shape index (κ1) is 34.5. The number of hydrazone groups is 1. The Hall–Kier alpha value is -4.90. The zero-order chi connectivity index (χ0) is 35.7. The van der Waals surface area contributed by atoms with Crippen molar-refractivity contribution < 1.29 is 24.6 Å². The van der Waals surface area contributed by atoms with Crippen LogP contribution in [0.5, 0.6) is 0 Å². The molecule has 3 aliphatic heterocycles. The number of benzene rings is 4. The Labute approximate surface area is 305 Å². The zero-order valence-electron chi connectivity index (χ0n) is 28.3. The maximum absolute atomic E-state index is 14.3. The van der Waals surface area contributed by atoms with Gasteiger partial charge in [-0.05, 0) is 59.0 Å². The maximum atomic E-state index is 14.3. The standard InChI is InChI=1S/C41H39BrN4O5/c1-27(9-7-16-38(48)44-25-31-14-6-5-13-30(31)22-34(44)26-47)41(51)35-23-32(42)17-19-37(35)45(40(41)50)24-28-10-8-15-33(21-28)46-39(49)20-18-36(43-46)29-11-3-2-4-12-29/h2-15,17,19,21,23,27,34,47,51H,16,18,20,22,24-26H2,1H3/b9-7+/t27-,34-,41+/m0/s1. The second kappa shape index (κ2) is 14.4. The maximum Gasteiger partial charge on any atom is 0.264 e. The highest BCUT2D eigenvalue weighted by Crippen LogP contribution is 2.47. The summed E-state index contributed by atoms with van der Waals surface area (Å²) in [5, 5.41) is 28.4. The summed E-state index contributed by atoms with van der Waals surface area (Å²) >= 11 is 3.51. The molecule has 51 heavy (non-hydrogen) atoms. The Morgan fingerprint density at radius 2 is 1.75 bits per heavy atom. The summed E-state index contributed by atoms with van der Waals surface area (Å²) < 4.78 is 0.721. The summed E-state index contributed by atoms with van der Waals surface area (Å²) in [6, 6.07) is 30.3. The Morgan fingerprint density at radius 3 is 2.53 bits per heavy atom. The van der Waals surface area contributed by atoms with Crippen molar-refractivity contribution in [2.24, 2.45) is 11.0 Å². The molecule has 0 aliphatic carbocycles. The fourth-order valence-corrected chi connectivity index (χ4v) is 7.67. The van der Waals surface area contributed by atoms with Gasteiger partial charge >= 0.3 is 0 Å². The monoisotopic (exact) mass is 746 g/mol. The van der Waals surface area contributed by atoms with Gasteiger partial charge in [-0.2, -0.15) is 5.10 Å². The normalized spacial score (nSPS) is 20.7. The Balaban J connectivity index is 1.10. The van der Waals surface area contributed by atoms with Crippen LogP contribution in [0, 0.1) is 5.92 Å². The van der Waals surface area contributed by atoms with E-state index in [1.165, 1.54) is 5.01 Å². The summed E-state index contributed by atoms with van der Waals surface area (Å²) in [6.45, 7) is 2.23. The summed E-state index contributed by atoms with van der Waals surface area (Å²) in [5.74, 6) is -1.39. The summed E-state index contributed by atoms with van der Waals surface area (Å²) in [7, 11) is 0. The number of amides is 3. The van der Waals surface area contributed by atoms with Gasteiger partial charge in [0.2, 0.25) is 11.8 Å². The van der Waals surface area contributed by atoms with E-state index in [1.54, 1.807) is 34.9 Å². The average Bonchev–Trinajstić information content (AvgIpc) is 3.36. The largest absolute Gasteiger partial charge is 0.394 e. The van der Waals surface area contributed by atoms with Crippen molar-refractivity contribution in [1.29, 1.82) is 0 Å². The van der Waals surface area contributed by atoms with E-state index in [0.29, 0.717) is 42.7 Å². The van der Waals surface area contributed by atoms with Gasteiger partial charge in [0.05, 0.1) is 36.3 Å². The van der Waals surface area contributed by atoms with Crippen LogP contribution in [0.25, 0.3) is 0 Å². The van der Waals surface area contributed by atoms with Crippen LogP contribution in [0.4, 0.5) is 11.4 Å². The van der Waals surface area contributed by atoms with E-state index < -0.39 is 17.4 Å². The molecule has 3 aliphatic rings. The number of hydrogen-bond acceptors (Lipinski definition) is 6. The predicted octanol–water partition coefficient (Wildman–Crippen LogP) is 6.24. The molecule has 4 aromatic rings. The molecular formula is C41H39BrN4O5. The van der Waals surface area contributed by atoms with Gasteiger partial charge in [0.1, 0.15) is 0 Å². The predicted molar refractivity (Wildman–Crippen MR) is 200 cm³/mol. The van der Waals surface area contributed by atoms with Crippen molar-refractivity contribution in [1.82, 2.24) is 4.90 Å². The number of halogens is 1. The van der Waals surface area contributed by atoms with Crippen LogP contribution in [0.1, 0.15) is 54.0 Å². The van der Waals surface area contributed by atoms with Crippen LogP contribution >= 0.6 is 15.9 Å². The molecule has 0 unspecified atom stereocenters. The third-order valence-electron chi connectivity index (χ3n) is 10.1. The summed E-state index contributed by atoms with van der Waals surface area (Å²) in [6.07, 6.45) is 4.98. The molecule has 0 saturated carbocycles. The van der Waals surface area contributed by atoms with Crippen molar-refractivity contribution in [3.8, 4) is 0 Å². The third-order valence-corrected chi connectivity index (χ3v) is 10.6. The van der Waals surface area contributed by atoms with E-state index in [2.05, 4.69) is 15.9 Å². The molecule has 260 valence electrons. The molecule has 0 fully saturated rings. The van der Waals surface area contributed by atoms with Crippen LogP contribution in [0.15, 0.2) is 119 Å². The van der Waals surface area contributed by atoms with Crippen LogP contribution < -0.4 is 9.91 Å². The lowest BCUT2D eigenvalue weighted by atomic mass is 9.83. The number of aliphatic hydroxyl groups is 2. The highest BCUT2D eigenvalue weighted by Gasteiger charge is 2.52. The molecule has 0 bridgehead atoms. The van der Waals surface area contributed by atoms with Crippen molar-refractivity contribution in [3.05, 3.63) is 142 Å². The fourth-order valence-electron chi connectivity index (χ4n) is 7.31. The van der Waals surface area contributed by atoms with Gasteiger partial charge in [-0.15, -0.1) is 0 Å². The number of fused-ring (bicyclic) bond motifs is 2. The zero-order valence-corrected chi connectivity index (χ0v) is 29.9. The van der Waals surface area contributed by atoms with Crippen molar-refractivity contribution in [2.45, 2.75) is 57.3 Å². The molecule has 10 heteroatoms. The van der Waals surface area contributed by atoms with Gasteiger partial charge in [-0.3, -0.25) is 14.4 Å².